The molecule has 0 radical (unpaired) electrons. The molecule has 0 amide bonds. The summed E-state index contributed by atoms with van der Waals surface area (Å²) in [5.41, 5.74) is 0. The van der Waals surface area contributed by atoms with Crippen molar-refractivity contribution in [3.05, 3.63) is 0 Å². The topological polar surface area (TPSA) is 52.6 Å². The Kier molecular flexibility index (Phi) is 5.84. The summed E-state index contributed by atoms with van der Waals surface area (Å²) in [5.74, 6) is 0.426. The molecule has 100 valence electrons. The van der Waals surface area contributed by atoms with Crippen molar-refractivity contribution in [3.8, 4) is 0 Å². The summed E-state index contributed by atoms with van der Waals surface area (Å²) in [5, 5.41) is 0. The zero-order chi connectivity index (χ0) is 12.9. The van der Waals surface area contributed by atoms with Gasteiger partial charge in [-0.25, -0.2) is 0 Å². The Morgan fingerprint density at radius 1 is 1.35 bits per heavy atom. The van der Waals surface area contributed by atoms with Crippen LogP contribution < -0.4 is 0 Å². The van der Waals surface area contributed by atoms with Crippen LogP contribution in [0.2, 0.25) is 0 Å². The molecule has 0 N–H and O–H groups in total. The fraction of sp³-hybridized carbons (Fsp3) is 0.917. The van der Waals surface area contributed by atoms with Gasteiger partial charge in [0.25, 0.3) is 0 Å². The average Bonchev–Trinajstić information content (AvgIpc) is 2.64. The molecular formula is C12H23O4P. The molecule has 2 atom stereocenters. The predicted molar refractivity (Wildman–Crippen MR) is 67.2 cm³/mol. The maximum absolute atomic E-state index is 12.3. The van der Waals surface area contributed by atoms with E-state index >= 15 is 0 Å². The molecule has 0 aliphatic heterocycles. The monoisotopic (exact) mass is 262 g/mol. The van der Waals surface area contributed by atoms with Gasteiger partial charge in [-0.1, -0.05) is 6.92 Å². The Labute approximate surface area is 104 Å². The standard InChI is InChI=1S/C12H23O4P/c1-4-15-17(14,16-5-2)9-10(3)11-7-6-8-12(11)13/h10-11H,4-9H2,1-3H3. The zero-order valence-corrected chi connectivity index (χ0v) is 11.9. The van der Waals surface area contributed by atoms with E-state index in [0.717, 1.165) is 12.8 Å². The van der Waals surface area contributed by atoms with Crippen LogP contribution in [0.4, 0.5) is 0 Å². The van der Waals surface area contributed by atoms with Gasteiger partial charge in [-0.15, -0.1) is 0 Å². The highest BCUT2D eigenvalue weighted by Crippen LogP contribution is 2.51. The van der Waals surface area contributed by atoms with Crippen LogP contribution in [0.3, 0.4) is 0 Å². The predicted octanol–water partition coefficient (Wildman–Crippen LogP) is 3.26. The summed E-state index contributed by atoms with van der Waals surface area (Å²) in [7, 11) is -3.01. The second-order valence-electron chi connectivity index (χ2n) is 4.57. The lowest BCUT2D eigenvalue weighted by atomic mass is 9.94. The third-order valence-electron chi connectivity index (χ3n) is 3.20. The number of carbonyl (C=O) groups is 1. The van der Waals surface area contributed by atoms with Gasteiger partial charge in [0, 0.05) is 12.3 Å². The highest BCUT2D eigenvalue weighted by molar-refractivity contribution is 7.53. The molecule has 0 heterocycles. The highest BCUT2D eigenvalue weighted by Gasteiger charge is 2.35. The minimum Gasteiger partial charge on any atom is -0.309 e. The summed E-state index contributed by atoms with van der Waals surface area (Å²) in [6, 6.07) is 0. The number of carbonyl (C=O) groups excluding carboxylic acids is 1. The van der Waals surface area contributed by atoms with Crippen LogP contribution in [-0.4, -0.2) is 25.2 Å². The van der Waals surface area contributed by atoms with Crippen molar-refractivity contribution in [3.63, 3.8) is 0 Å². The smallest absolute Gasteiger partial charge is 0.309 e. The van der Waals surface area contributed by atoms with Crippen LogP contribution in [0.25, 0.3) is 0 Å². The Morgan fingerprint density at radius 3 is 2.35 bits per heavy atom. The minimum atomic E-state index is -3.01. The van der Waals surface area contributed by atoms with Crippen molar-refractivity contribution in [2.45, 2.75) is 40.0 Å². The van der Waals surface area contributed by atoms with Gasteiger partial charge in [-0.3, -0.25) is 9.36 Å². The Bertz CT molecular complexity index is 293. The lowest BCUT2D eigenvalue weighted by Gasteiger charge is -2.23. The molecule has 0 bridgehead atoms. The van der Waals surface area contributed by atoms with Crippen molar-refractivity contribution in [1.82, 2.24) is 0 Å². The van der Waals surface area contributed by atoms with E-state index in [-0.39, 0.29) is 11.8 Å². The third kappa shape index (κ3) is 4.20. The molecule has 2 unspecified atom stereocenters. The van der Waals surface area contributed by atoms with Crippen LogP contribution >= 0.6 is 7.60 Å². The van der Waals surface area contributed by atoms with Crippen molar-refractivity contribution < 1.29 is 18.4 Å². The van der Waals surface area contributed by atoms with E-state index < -0.39 is 7.60 Å². The van der Waals surface area contributed by atoms with Crippen molar-refractivity contribution in [2.75, 3.05) is 19.4 Å². The van der Waals surface area contributed by atoms with Gasteiger partial charge in [0.2, 0.25) is 0 Å². The molecule has 1 aliphatic carbocycles. The van der Waals surface area contributed by atoms with Gasteiger partial charge in [0.05, 0.1) is 19.4 Å². The van der Waals surface area contributed by atoms with Crippen LogP contribution in [-0.2, 0) is 18.4 Å². The third-order valence-corrected chi connectivity index (χ3v) is 5.53. The maximum atomic E-state index is 12.3. The van der Waals surface area contributed by atoms with Gasteiger partial charge in [-0.05, 0) is 32.6 Å². The summed E-state index contributed by atoms with van der Waals surface area (Å²) in [6.07, 6.45) is 2.90. The first-order valence-corrected chi connectivity index (χ1v) is 8.16. The summed E-state index contributed by atoms with van der Waals surface area (Å²) in [4.78, 5) is 11.6. The summed E-state index contributed by atoms with van der Waals surface area (Å²) < 4.78 is 22.8. The van der Waals surface area contributed by atoms with E-state index in [9.17, 15) is 9.36 Å². The van der Waals surface area contributed by atoms with E-state index in [4.69, 9.17) is 9.05 Å². The highest BCUT2D eigenvalue weighted by atomic mass is 31.2. The minimum absolute atomic E-state index is 0.0456. The lowest BCUT2D eigenvalue weighted by Crippen LogP contribution is -2.20. The van der Waals surface area contributed by atoms with E-state index in [1.54, 1.807) is 13.8 Å². The van der Waals surface area contributed by atoms with Crippen molar-refractivity contribution >= 4 is 13.4 Å². The van der Waals surface area contributed by atoms with Gasteiger partial charge < -0.3 is 9.05 Å². The van der Waals surface area contributed by atoms with Crippen LogP contribution in [0, 0.1) is 11.8 Å². The summed E-state index contributed by atoms with van der Waals surface area (Å²) >= 11 is 0. The van der Waals surface area contributed by atoms with E-state index in [1.165, 1.54) is 0 Å². The Hall–Kier alpha value is -0.180. The van der Waals surface area contributed by atoms with E-state index in [2.05, 4.69) is 0 Å². The van der Waals surface area contributed by atoms with Crippen LogP contribution in [0.5, 0.6) is 0 Å². The number of hydrogen-bond acceptors (Lipinski definition) is 4. The van der Waals surface area contributed by atoms with Gasteiger partial charge in [0.1, 0.15) is 5.78 Å². The molecule has 1 saturated carbocycles. The Morgan fingerprint density at radius 2 is 1.94 bits per heavy atom. The first kappa shape index (κ1) is 14.9. The number of rotatable bonds is 7. The molecule has 1 rings (SSSR count). The van der Waals surface area contributed by atoms with E-state index in [1.807, 2.05) is 6.92 Å². The molecule has 0 aromatic heterocycles. The SMILES string of the molecule is CCOP(=O)(CC(C)C1CCCC1=O)OCC. The first-order valence-electron chi connectivity index (χ1n) is 6.43. The maximum Gasteiger partial charge on any atom is 0.330 e. The fourth-order valence-corrected chi connectivity index (χ4v) is 4.49. The van der Waals surface area contributed by atoms with Crippen molar-refractivity contribution in [2.24, 2.45) is 11.8 Å². The molecule has 0 aromatic carbocycles. The quantitative estimate of drug-likeness (QED) is 0.661. The Balaban J connectivity index is 2.60. The zero-order valence-electron chi connectivity index (χ0n) is 11.0. The molecule has 0 spiro atoms. The van der Waals surface area contributed by atoms with Crippen LogP contribution in [0.15, 0.2) is 0 Å². The second-order valence-corrected chi connectivity index (χ2v) is 6.67. The number of Topliss-reactive ketones (excluding diaryl/α,β-unsaturated/α-hetero) is 1. The lowest BCUT2D eigenvalue weighted by molar-refractivity contribution is -0.121. The molecule has 5 heteroatoms. The molecule has 0 aromatic rings. The largest absolute Gasteiger partial charge is 0.330 e. The summed E-state index contributed by atoms with van der Waals surface area (Å²) in [6.45, 7) is 6.33. The second kappa shape index (κ2) is 6.67. The molecule has 1 fully saturated rings. The number of ketones is 1. The molecule has 1 aliphatic rings. The van der Waals surface area contributed by atoms with Gasteiger partial charge >= 0.3 is 7.60 Å². The molecule has 0 saturated heterocycles. The van der Waals surface area contributed by atoms with Crippen molar-refractivity contribution in [1.29, 1.82) is 0 Å². The van der Waals surface area contributed by atoms with Gasteiger partial charge in [0.15, 0.2) is 0 Å². The average molecular weight is 262 g/mol. The first-order chi connectivity index (χ1) is 8.02. The number of hydrogen-bond donors (Lipinski definition) is 0. The molecule has 4 nitrogen and oxygen atoms in total. The fourth-order valence-electron chi connectivity index (χ4n) is 2.46. The van der Waals surface area contributed by atoms with E-state index in [0.29, 0.717) is 31.6 Å². The van der Waals surface area contributed by atoms with Crippen LogP contribution in [0.1, 0.15) is 40.0 Å². The normalized spacial score (nSPS) is 23.0. The molecular weight excluding hydrogens is 239 g/mol. The van der Waals surface area contributed by atoms with Gasteiger partial charge in [-0.2, -0.15) is 0 Å². The molecule has 17 heavy (non-hydrogen) atoms.